The van der Waals surface area contributed by atoms with Crippen molar-refractivity contribution < 1.29 is 9.59 Å². The van der Waals surface area contributed by atoms with E-state index >= 15 is 0 Å². The lowest BCUT2D eigenvalue weighted by Crippen LogP contribution is -2.32. The van der Waals surface area contributed by atoms with Crippen molar-refractivity contribution in [3.05, 3.63) is 70.5 Å². The molecule has 2 aromatic carbocycles. The van der Waals surface area contributed by atoms with Gasteiger partial charge in [0.15, 0.2) is 0 Å². The monoisotopic (exact) mass is 390 g/mol. The summed E-state index contributed by atoms with van der Waals surface area (Å²) in [7, 11) is 0. The Kier molecular flexibility index (Phi) is 6.22. The Morgan fingerprint density at radius 3 is 2.34 bits per heavy atom. The SMILES string of the molecule is CC[C@@H](C)NC(=O)c1cccc(CNC(=O)c2ccc3nc(C)c(C)nc3c2)c1. The molecule has 0 fully saturated rings. The molecular weight excluding hydrogens is 364 g/mol. The third-order valence-electron chi connectivity index (χ3n) is 4.97. The molecule has 0 spiro atoms. The van der Waals surface area contributed by atoms with Crippen molar-refractivity contribution in [2.45, 2.75) is 46.7 Å². The second kappa shape index (κ2) is 8.82. The van der Waals surface area contributed by atoms with E-state index in [1.165, 1.54) is 0 Å². The molecule has 1 heterocycles. The molecule has 0 aliphatic heterocycles. The van der Waals surface area contributed by atoms with Crippen LogP contribution in [-0.2, 0) is 6.54 Å². The summed E-state index contributed by atoms with van der Waals surface area (Å²) in [6.07, 6.45) is 0.872. The predicted molar refractivity (Wildman–Crippen MR) is 114 cm³/mol. The van der Waals surface area contributed by atoms with Gasteiger partial charge < -0.3 is 10.6 Å². The highest BCUT2D eigenvalue weighted by Crippen LogP contribution is 2.15. The normalized spacial score (nSPS) is 11.9. The van der Waals surface area contributed by atoms with Gasteiger partial charge in [-0.3, -0.25) is 9.59 Å². The molecule has 6 heteroatoms. The summed E-state index contributed by atoms with van der Waals surface area (Å²) in [5.74, 6) is -0.298. The predicted octanol–water partition coefficient (Wildman–Crippen LogP) is 3.70. The van der Waals surface area contributed by atoms with Crippen molar-refractivity contribution >= 4 is 22.8 Å². The fraction of sp³-hybridized carbons (Fsp3) is 0.304. The number of aryl methyl sites for hydroxylation is 2. The van der Waals surface area contributed by atoms with Gasteiger partial charge in [-0.05, 0) is 63.1 Å². The minimum Gasteiger partial charge on any atom is -0.350 e. The Balaban J connectivity index is 1.69. The van der Waals surface area contributed by atoms with Crippen LogP contribution in [0.2, 0.25) is 0 Å². The van der Waals surface area contributed by atoms with Crippen molar-refractivity contribution in [3.8, 4) is 0 Å². The minimum atomic E-state index is -0.193. The van der Waals surface area contributed by atoms with Crippen molar-refractivity contribution in [1.29, 1.82) is 0 Å². The molecule has 0 bridgehead atoms. The van der Waals surface area contributed by atoms with Gasteiger partial charge in [0.05, 0.1) is 22.4 Å². The molecule has 2 amide bonds. The first-order valence-electron chi connectivity index (χ1n) is 9.80. The number of nitrogens with zero attached hydrogens (tertiary/aromatic N) is 2. The molecule has 150 valence electrons. The summed E-state index contributed by atoms with van der Waals surface area (Å²) in [4.78, 5) is 33.9. The van der Waals surface area contributed by atoms with Crippen LogP contribution in [0.4, 0.5) is 0 Å². The summed E-state index contributed by atoms with van der Waals surface area (Å²) < 4.78 is 0. The largest absolute Gasteiger partial charge is 0.350 e. The molecule has 2 N–H and O–H groups in total. The van der Waals surface area contributed by atoms with E-state index in [1.807, 2.05) is 45.9 Å². The fourth-order valence-corrected chi connectivity index (χ4v) is 2.89. The van der Waals surface area contributed by atoms with Gasteiger partial charge in [-0.25, -0.2) is 9.97 Å². The molecule has 0 radical (unpaired) electrons. The Morgan fingerprint density at radius 2 is 1.62 bits per heavy atom. The van der Waals surface area contributed by atoms with Crippen LogP contribution >= 0.6 is 0 Å². The van der Waals surface area contributed by atoms with E-state index in [1.54, 1.807) is 24.3 Å². The topological polar surface area (TPSA) is 84.0 Å². The highest BCUT2D eigenvalue weighted by atomic mass is 16.2. The number of carbonyl (C=O) groups is 2. The van der Waals surface area contributed by atoms with Gasteiger partial charge in [-0.1, -0.05) is 19.1 Å². The van der Waals surface area contributed by atoms with Crippen LogP contribution in [0.1, 0.15) is 57.9 Å². The Hall–Kier alpha value is -3.28. The number of hydrogen-bond donors (Lipinski definition) is 2. The number of amides is 2. The third kappa shape index (κ3) is 4.96. The van der Waals surface area contributed by atoms with E-state index in [2.05, 4.69) is 20.6 Å². The lowest BCUT2D eigenvalue weighted by molar-refractivity contribution is 0.0936. The summed E-state index contributed by atoms with van der Waals surface area (Å²) in [6, 6.07) is 12.7. The van der Waals surface area contributed by atoms with Crippen LogP contribution in [-0.4, -0.2) is 27.8 Å². The maximum absolute atomic E-state index is 12.6. The van der Waals surface area contributed by atoms with E-state index in [0.717, 1.165) is 28.9 Å². The van der Waals surface area contributed by atoms with Crippen molar-refractivity contribution in [2.75, 3.05) is 0 Å². The first kappa shape index (κ1) is 20.5. The van der Waals surface area contributed by atoms with E-state index in [0.29, 0.717) is 23.2 Å². The van der Waals surface area contributed by atoms with E-state index in [4.69, 9.17) is 0 Å². The summed E-state index contributed by atoms with van der Waals surface area (Å²) >= 11 is 0. The Morgan fingerprint density at radius 1 is 0.931 bits per heavy atom. The number of nitrogens with one attached hydrogen (secondary N) is 2. The first-order valence-corrected chi connectivity index (χ1v) is 9.80. The van der Waals surface area contributed by atoms with E-state index in [9.17, 15) is 9.59 Å². The maximum atomic E-state index is 12.6. The van der Waals surface area contributed by atoms with Gasteiger partial charge in [0.2, 0.25) is 0 Å². The quantitative estimate of drug-likeness (QED) is 0.672. The number of carbonyl (C=O) groups excluding carboxylic acids is 2. The van der Waals surface area contributed by atoms with Gasteiger partial charge in [-0.15, -0.1) is 0 Å². The zero-order chi connectivity index (χ0) is 21.0. The van der Waals surface area contributed by atoms with Crippen LogP contribution in [0, 0.1) is 13.8 Å². The lowest BCUT2D eigenvalue weighted by atomic mass is 10.1. The molecule has 0 unspecified atom stereocenters. The third-order valence-corrected chi connectivity index (χ3v) is 4.97. The molecule has 3 rings (SSSR count). The van der Waals surface area contributed by atoms with Crippen molar-refractivity contribution in [1.82, 2.24) is 20.6 Å². The zero-order valence-electron chi connectivity index (χ0n) is 17.2. The number of hydrogen-bond acceptors (Lipinski definition) is 4. The summed E-state index contributed by atoms with van der Waals surface area (Å²) in [5, 5.41) is 5.86. The number of aromatic nitrogens is 2. The maximum Gasteiger partial charge on any atom is 0.251 e. The van der Waals surface area contributed by atoms with E-state index in [-0.39, 0.29) is 17.9 Å². The molecule has 0 aliphatic carbocycles. The van der Waals surface area contributed by atoms with Crippen LogP contribution in [0.3, 0.4) is 0 Å². The second-order valence-corrected chi connectivity index (χ2v) is 7.26. The first-order chi connectivity index (χ1) is 13.9. The smallest absolute Gasteiger partial charge is 0.251 e. The van der Waals surface area contributed by atoms with Crippen LogP contribution in [0.15, 0.2) is 42.5 Å². The minimum absolute atomic E-state index is 0.105. The van der Waals surface area contributed by atoms with Gasteiger partial charge in [0, 0.05) is 23.7 Å². The van der Waals surface area contributed by atoms with Crippen LogP contribution < -0.4 is 10.6 Å². The lowest BCUT2D eigenvalue weighted by Gasteiger charge is -2.12. The molecule has 0 aliphatic rings. The highest BCUT2D eigenvalue weighted by Gasteiger charge is 2.11. The molecule has 0 saturated heterocycles. The average molecular weight is 390 g/mol. The standard InChI is InChI=1S/C23H26N4O2/c1-5-14(2)25-23(29)18-8-6-7-17(11-18)13-24-22(28)19-9-10-20-21(12-19)27-16(4)15(3)26-20/h6-12,14H,5,13H2,1-4H3,(H,24,28)(H,25,29)/t14-/m1/s1. The zero-order valence-corrected chi connectivity index (χ0v) is 17.2. The van der Waals surface area contributed by atoms with Gasteiger partial charge in [0.25, 0.3) is 11.8 Å². The van der Waals surface area contributed by atoms with E-state index < -0.39 is 0 Å². The molecular formula is C23H26N4O2. The van der Waals surface area contributed by atoms with Gasteiger partial charge >= 0.3 is 0 Å². The number of benzene rings is 2. The molecule has 3 aromatic rings. The number of fused-ring (bicyclic) bond motifs is 1. The Labute approximate surface area is 170 Å². The molecule has 6 nitrogen and oxygen atoms in total. The number of rotatable bonds is 6. The highest BCUT2D eigenvalue weighted by molar-refractivity contribution is 5.97. The van der Waals surface area contributed by atoms with Crippen molar-refractivity contribution in [3.63, 3.8) is 0 Å². The molecule has 29 heavy (non-hydrogen) atoms. The van der Waals surface area contributed by atoms with Crippen LogP contribution in [0.25, 0.3) is 11.0 Å². The second-order valence-electron chi connectivity index (χ2n) is 7.26. The summed E-state index contributed by atoms with van der Waals surface area (Å²) in [6.45, 7) is 8.15. The van der Waals surface area contributed by atoms with Gasteiger partial charge in [0.1, 0.15) is 0 Å². The average Bonchev–Trinajstić information content (AvgIpc) is 2.72. The molecule has 1 aromatic heterocycles. The molecule has 0 saturated carbocycles. The van der Waals surface area contributed by atoms with Gasteiger partial charge in [-0.2, -0.15) is 0 Å². The van der Waals surface area contributed by atoms with Crippen LogP contribution in [0.5, 0.6) is 0 Å². The Bertz CT molecular complexity index is 1060. The van der Waals surface area contributed by atoms with Crippen molar-refractivity contribution in [2.24, 2.45) is 0 Å². The fourth-order valence-electron chi connectivity index (χ4n) is 2.89. The molecule has 1 atom stereocenters. The summed E-state index contributed by atoms with van der Waals surface area (Å²) in [5.41, 5.74) is 5.18.